The molecule has 0 unspecified atom stereocenters. The van der Waals surface area contributed by atoms with Crippen molar-refractivity contribution in [2.45, 2.75) is 39.2 Å². The Morgan fingerprint density at radius 1 is 1.40 bits per heavy atom. The molecule has 20 heavy (non-hydrogen) atoms. The lowest BCUT2D eigenvalue weighted by atomic mass is 10.1. The Morgan fingerprint density at radius 2 is 2.05 bits per heavy atom. The monoisotopic (exact) mass is 271 g/mol. The Bertz CT molecular complexity index is 497. The van der Waals surface area contributed by atoms with Crippen molar-refractivity contribution in [2.75, 3.05) is 11.9 Å². The number of amides is 2. The summed E-state index contributed by atoms with van der Waals surface area (Å²) in [5.41, 5.74) is 1.34. The maximum Gasteiger partial charge on any atom is 0.322 e. The molecule has 0 aliphatic heterocycles. The third-order valence-corrected chi connectivity index (χ3v) is 3.46. The summed E-state index contributed by atoms with van der Waals surface area (Å²) >= 11 is 0. The van der Waals surface area contributed by atoms with E-state index < -0.39 is 0 Å². The quantitative estimate of drug-likeness (QED) is 0.889. The van der Waals surface area contributed by atoms with Gasteiger partial charge in [0.05, 0.1) is 11.6 Å². The van der Waals surface area contributed by atoms with Crippen LogP contribution in [-0.2, 0) is 0 Å². The van der Waals surface area contributed by atoms with Crippen molar-refractivity contribution >= 4 is 11.7 Å². The van der Waals surface area contributed by atoms with Crippen LogP contribution in [0.5, 0.6) is 0 Å². The molecule has 4 heteroatoms. The molecule has 1 aliphatic rings. The number of nitriles is 1. The number of carbonyl (C=O) groups excluding carboxylic acids is 1. The van der Waals surface area contributed by atoms with Crippen LogP contribution < -0.4 is 5.32 Å². The molecule has 0 aromatic heterocycles. The minimum atomic E-state index is -0.0298. The molecule has 4 nitrogen and oxygen atoms in total. The minimum Gasteiger partial charge on any atom is -0.322 e. The zero-order valence-electron chi connectivity index (χ0n) is 12.1. The fourth-order valence-electron chi connectivity index (χ4n) is 2.06. The van der Waals surface area contributed by atoms with Crippen molar-refractivity contribution in [2.24, 2.45) is 5.92 Å². The Morgan fingerprint density at radius 3 is 2.55 bits per heavy atom. The zero-order valence-corrected chi connectivity index (χ0v) is 12.1. The van der Waals surface area contributed by atoms with E-state index in [1.165, 1.54) is 0 Å². The summed E-state index contributed by atoms with van der Waals surface area (Å²) in [4.78, 5) is 14.3. The van der Waals surface area contributed by atoms with Gasteiger partial charge in [-0.05, 0) is 49.4 Å². The first-order chi connectivity index (χ1) is 9.60. The third kappa shape index (κ3) is 3.99. The van der Waals surface area contributed by atoms with Crippen LogP contribution in [0.3, 0.4) is 0 Å². The van der Waals surface area contributed by atoms with Gasteiger partial charge in [-0.25, -0.2) is 4.79 Å². The van der Waals surface area contributed by atoms with Crippen LogP contribution in [0, 0.1) is 17.2 Å². The first-order valence-electron chi connectivity index (χ1n) is 7.18. The molecule has 1 N–H and O–H groups in total. The molecule has 0 saturated heterocycles. The number of rotatable bonds is 5. The van der Waals surface area contributed by atoms with Crippen LogP contribution in [0.4, 0.5) is 10.5 Å². The summed E-state index contributed by atoms with van der Waals surface area (Å²) in [6, 6.07) is 9.41. The average molecular weight is 271 g/mol. The molecule has 0 radical (unpaired) electrons. The van der Waals surface area contributed by atoms with E-state index in [2.05, 4.69) is 25.2 Å². The second-order valence-corrected chi connectivity index (χ2v) is 5.73. The van der Waals surface area contributed by atoms with Crippen molar-refractivity contribution in [3.63, 3.8) is 0 Å². The summed E-state index contributed by atoms with van der Waals surface area (Å²) in [6.45, 7) is 5.15. The second kappa shape index (κ2) is 6.42. The summed E-state index contributed by atoms with van der Waals surface area (Å²) in [6.07, 6.45) is 3.25. The first-order valence-corrected chi connectivity index (χ1v) is 7.18. The lowest BCUT2D eigenvalue weighted by Crippen LogP contribution is -2.37. The molecule has 106 valence electrons. The normalized spacial score (nSPS) is 13.9. The van der Waals surface area contributed by atoms with E-state index in [4.69, 9.17) is 5.26 Å². The van der Waals surface area contributed by atoms with Gasteiger partial charge >= 0.3 is 6.03 Å². The van der Waals surface area contributed by atoms with E-state index in [0.29, 0.717) is 17.5 Å². The Hall–Kier alpha value is -2.02. The lowest BCUT2D eigenvalue weighted by molar-refractivity contribution is 0.205. The fourth-order valence-corrected chi connectivity index (χ4v) is 2.06. The molecule has 1 saturated carbocycles. The molecule has 1 aliphatic carbocycles. The molecular weight excluding hydrogens is 250 g/mol. The predicted molar refractivity (Wildman–Crippen MR) is 79.4 cm³/mol. The highest BCUT2D eigenvalue weighted by Gasteiger charge is 2.32. The van der Waals surface area contributed by atoms with Crippen LogP contribution >= 0.6 is 0 Å². The molecule has 0 atom stereocenters. The molecule has 0 bridgehead atoms. The molecule has 1 aromatic rings. The van der Waals surface area contributed by atoms with E-state index in [1.54, 1.807) is 24.3 Å². The number of benzene rings is 1. The number of nitrogens with zero attached hydrogens (tertiary/aromatic N) is 2. The molecule has 0 heterocycles. The number of hydrogen-bond acceptors (Lipinski definition) is 2. The van der Waals surface area contributed by atoms with Gasteiger partial charge in [-0.15, -0.1) is 0 Å². The van der Waals surface area contributed by atoms with Gasteiger partial charge < -0.3 is 10.2 Å². The van der Waals surface area contributed by atoms with Gasteiger partial charge in [-0.3, -0.25) is 0 Å². The molecular formula is C16H21N3O. The SMILES string of the molecule is CC(C)CCN(C(=O)Nc1ccc(C#N)cc1)C1CC1. The van der Waals surface area contributed by atoms with Gasteiger partial charge in [0.1, 0.15) is 0 Å². The Kier molecular flexibility index (Phi) is 4.62. The third-order valence-electron chi connectivity index (χ3n) is 3.46. The Labute approximate surface area is 120 Å². The first kappa shape index (κ1) is 14.4. The number of urea groups is 1. The van der Waals surface area contributed by atoms with Crippen molar-refractivity contribution in [1.29, 1.82) is 5.26 Å². The lowest BCUT2D eigenvalue weighted by Gasteiger charge is -2.23. The van der Waals surface area contributed by atoms with Crippen molar-refractivity contribution in [3.05, 3.63) is 29.8 Å². The number of nitrogens with one attached hydrogen (secondary N) is 1. The van der Waals surface area contributed by atoms with E-state index in [-0.39, 0.29) is 6.03 Å². The Balaban J connectivity index is 1.95. The second-order valence-electron chi connectivity index (χ2n) is 5.73. The van der Waals surface area contributed by atoms with Gasteiger partial charge in [0, 0.05) is 18.3 Å². The average Bonchev–Trinajstić information content (AvgIpc) is 3.24. The number of hydrogen-bond donors (Lipinski definition) is 1. The van der Waals surface area contributed by atoms with Gasteiger partial charge in [-0.2, -0.15) is 5.26 Å². The minimum absolute atomic E-state index is 0.0298. The molecule has 2 amide bonds. The van der Waals surface area contributed by atoms with Gasteiger partial charge in [0.25, 0.3) is 0 Å². The van der Waals surface area contributed by atoms with E-state index in [9.17, 15) is 4.79 Å². The highest BCUT2D eigenvalue weighted by molar-refractivity contribution is 5.89. The van der Waals surface area contributed by atoms with Gasteiger partial charge in [0.2, 0.25) is 0 Å². The smallest absolute Gasteiger partial charge is 0.322 e. The maximum atomic E-state index is 12.3. The summed E-state index contributed by atoms with van der Waals surface area (Å²) < 4.78 is 0. The van der Waals surface area contributed by atoms with E-state index in [1.807, 2.05) is 4.90 Å². The maximum absolute atomic E-state index is 12.3. The largest absolute Gasteiger partial charge is 0.322 e. The van der Waals surface area contributed by atoms with Crippen LogP contribution in [0.1, 0.15) is 38.7 Å². The van der Waals surface area contributed by atoms with Gasteiger partial charge in [-0.1, -0.05) is 13.8 Å². The molecule has 1 fully saturated rings. The van der Waals surface area contributed by atoms with Crippen LogP contribution in [0.15, 0.2) is 24.3 Å². The van der Waals surface area contributed by atoms with Gasteiger partial charge in [0.15, 0.2) is 0 Å². The van der Waals surface area contributed by atoms with Crippen molar-refractivity contribution in [3.8, 4) is 6.07 Å². The molecule has 0 spiro atoms. The number of anilines is 1. The fraction of sp³-hybridized carbons (Fsp3) is 0.500. The van der Waals surface area contributed by atoms with Crippen molar-refractivity contribution in [1.82, 2.24) is 4.90 Å². The highest BCUT2D eigenvalue weighted by Crippen LogP contribution is 2.28. The van der Waals surface area contributed by atoms with Crippen molar-refractivity contribution < 1.29 is 4.79 Å². The predicted octanol–water partition coefficient (Wildman–Crippen LogP) is 3.60. The summed E-state index contributed by atoms with van der Waals surface area (Å²) in [5.74, 6) is 0.596. The zero-order chi connectivity index (χ0) is 14.5. The van der Waals surface area contributed by atoms with Crippen LogP contribution in [0.2, 0.25) is 0 Å². The highest BCUT2D eigenvalue weighted by atomic mass is 16.2. The molecule has 2 rings (SSSR count). The topological polar surface area (TPSA) is 56.1 Å². The van der Waals surface area contributed by atoms with E-state index in [0.717, 1.165) is 31.5 Å². The standard InChI is InChI=1S/C16H21N3O/c1-12(2)9-10-19(15-7-8-15)16(20)18-14-5-3-13(11-17)4-6-14/h3-6,12,15H,7-10H2,1-2H3,(H,18,20). The van der Waals surface area contributed by atoms with Crippen LogP contribution in [-0.4, -0.2) is 23.5 Å². The van der Waals surface area contributed by atoms with Crippen LogP contribution in [0.25, 0.3) is 0 Å². The number of carbonyl (C=O) groups is 1. The summed E-state index contributed by atoms with van der Waals surface area (Å²) in [5, 5.41) is 11.7. The molecule has 1 aromatic carbocycles. The van der Waals surface area contributed by atoms with E-state index >= 15 is 0 Å². The summed E-state index contributed by atoms with van der Waals surface area (Å²) in [7, 11) is 0.